The monoisotopic (exact) mass is 214 g/mol. The minimum atomic E-state index is -0.265. The number of hydrogen-bond acceptors (Lipinski definition) is 3. The fourth-order valence-electron chi connectivity index (χ4n) is 2.02. The van der Waals surface area contributed by atoms with Crippen molar-refractivity contribution in [3.05, 3.63) is 0 Å². The van der Waals surface area contributed by atoms with E-state index < -0.39 is 0 Å². The average Bonchev–Trinajstić information content (AvgIpc) is 2.26. The molecular weight excluding hydrogens is 188 g/mol. The Hall–Kier alpha value is -0.120. The largest absolute Gasteiger partial charge is 0.392 e. The van der Waals surface area contributed by atoms with Gasteiger partial charge in [0.1, 0.15) is 0 Å². The van der Waals surface area contributed by atoms with Crippen LogP contribution in [-0.4, -0.2) is 47.8 Å². The molecule has 0 spiro atoms. The lowest BCUT2D eigenvalue weighted by Crippen LogP contribution is -2.47. The molecule has 0 aliphatic carbocycles. The second-order valence-corrected chi connectivity index (χ2v) is 4.88. The van der Waals surface area contributed by atoms with Crippen LogP contribution in [0.25, 0.3) is 0 Å². The summed E-state index contributed by atoms with van der Waals surface area (Å²) in [6.45, 7) is 9.60. The molecule has 15 heavy (non-hydrogen) atoms. The van der Waals surface area contributed by atoms with Crippen molar-refractivity contribution in [1.82, 2.24) is 10.2 Å². The molecule has 0 aromatic rings. The van der Waals surface area contributed by atoms with E-state index in [0.29, 0.717) is 6.04 Å². The standard InChI is InChI=1S/C12H26N2O/c1-10(9-13-11(2)12(3)15)14-7-5-4-6-8-14/h10-13,15H,4-9H2,1-3H3. The van der Waals surface area contributed by atoms with Crippen molar-refractivity contribution in [2.75, 3.05) is 19.6 Å². The summed E-state index contributed by atoms with van der Waals surface area (Å²) in [7, 11) is 0. The van der Waals surface area contributed by atoms with Crippen LogP contribution in [0.3, 0.4) is 0 Å². The first-order chi connectivity index (χ1) is 7.11. The molecule has 2 N–H and O–H groups in total. The lowest BCUT2D eigenvalue weighted by atomic mass is 10.1. The topological polar surface area (TPSA) is 35.5 Å². The molecule has 0 aromatic heterocycles. The lowest BCUT2D eigenvalue weighted by Gasteiger charge is -2.33. The molecule has 3 nitrogen and oxygen atoms in total. The van der Waals surface area contributed by atoms with E-state index in [1.165, 1.54) is 32.4 Å². The Morgan fingerprint density at radius 1 is 1.13 bits per heavy atom. The van der Waals surface area contributed by atoms with Crippen molar-refractivity contribution in [2.45, 2.75) is 58.2 Å². The van der Waals surface area contributed by atoms with Crippen molar-refractivity contribution in [2.24, 2.45) is 0 Å². The number of rotatable bonds is 5. The summed E-state index contributed by atoms with van der Waals surface area (Å²) in [6, 6.07) is 0.781. The van der Waals surface area contributed by atoms with Gasteiger partial charge < -0.3 is 10.4 Å². The fourth-order valence-corrected chi connectivity index (χ4v) is 2.02. The molecule has 1 heterocycles. The fraction of sp³-hybridized carbons (Fsp3) is 1.00. The molecule has 1 aliphatic rings. The van der Waals surface area contributed by atoms with Gasteiger partial charge in [-0.15, -0.1) is 0 Å². The van der Waals surface area contributed by atoms with Gasteiger partial charge in [0.2, 0.25) is 0 Å². The van der Waals surface area contributed by atoms with Crippen molar-refractivity contribution < 1.29 is 5.11 Å². The molecule has 0 amide bonds. The van der Waals surface area contributed by atoms with Gasteiger partial charge in [0, 0.05) is 18.6 Å². The van der Waals surface area contributed by atoms with E-state index in [1.807, 2.05) is 13.8 Å². The predicted molar refractivity (Wildman–Crippen MR) is 64.0 cm³/mol. The van der Waals surface area contributed by atoms with E-state index in [2.05, 4.69) is 17.1 Å². The minimum Gasteiger partial charge on any atom is -0.392 e. The van der Waals surface area contributed by atoms with Crippen LogP contribution in [0.1, 0.15) is 40.0 Å². The molecule has 0 saturated carbocycles. The Morgan fingerprint density at radius 2 is 1.73 bits per heavy atom. The zero-order valence-electron chi connectivity index (χ0n) is 10.4. The third-order valence-corrected chi connectivity index (χ3v) is 3.47. The van der Waals surface area contributed by atoms with E-state index in [1.54, 1.807) is 0 Å². The summed E-state index contributed by atoms with van der Waals surface area (Å²) in [5.74, 6) is 0. The number of nitrogens with zero attached hydrogens (tertiary/aromatic N) is 1. The van der Waals surface area contributed by atoms with Crippen molar-refractivity contribution in [3.8, 4) is 0 Å². The van der Waals surface area contributed by atoms with Crippen molar-refractivity contribution in [3.63, 3.8) is 0 Å². The molecule has 1 fully saturated rings. The molecule has 3 atom stereocenters. The molecule has 1 saturated heterocycles. The Morgan fingerprint density at radius 3 is 2.27 bits per heavy atom. The van der Waals surface area contributed by atoms with Gasteiger partial charge in [-0.2, -0.15) is 0 Å². The zero-order valence-corrected chi connectivity index (χ0v) is 10.4. The zero-order chi connectivity index (χ0) is 11.3. The van der Waals surface area contributed by atoms with Crippen LogP contribution in [0.5, 0.6) is 0 Å². The molecular formula is C12H26N2O. The quantitative estimate of drug-likeness (QED) is 0.722. The van der Waals surface area contributed by atoms with Gasteiger partial charge in [-0.3, -0.25) is 4.90 Å². The Labute approximate surface area is 93.9 Å². The second-order valence-electron chi connectivity index (χ2n) is 4.88. The van der Waals surface area contributed by atoms with Crippen LogP contribution in [0.15, 0.2) is 0 Å². The van der Waals surface area contributed by atoms with E-state index in [-0.39, 0.29) is 12.1 Å². The average molecular weight is 214 g/mol. The molecule has 0 aromatic carbocycles. The minimum absolute atomic E-state index is 0.192. The SMILES string of the molecule is CC(O)C(C)NCC(C)N1CCCCC1. The summed E-state index contributed by atoms with van der Waals surface area (Å²) in [5.41, 5.74) is 0. The van der Waals surface area contributed by atoms with Gasteiger partial charge >= 0.3 is 0 Å². The third kappa shape index (κ3) is 4.49. The van der Waals surface area contributed by atoms with Crippen LogP contribution in [-0.2, 0) is 0 Å². The molecule has 90 valence electrons. The summed E-state index contributed by atoms with van der Waals surface area (Å²) >= 11 is 0. The predicted octanol–water partition coefficient (Wildman–Crippen LogP) is 1.22. The third-order valence-electron chi connectivity index (χ3n) is 3.47. The Bertz CT molecular complexity index is 167. The Balaban J connectivity index is 2.19. The summed E-state index contributed by atoms with van der Waals surface area (Å²) in [4.78, 5) is 2.55. The van der Waals surface area contributed by atoms with Gasteiger partial charge in [0.05, 0.1) is 6.10 Å². The molecule has 3 unspecified atom stereocenters. The highest BCUT2D eigenvalue weighted by molar-refractivity contribution is 4.76. The molecule has 0 bridgehead atoms. The van der Waals surface area contributed by atoms with Crippen LogP contribution >= 0.6 is 0 Å². The first kappa shape index (κ1) is 12.9. The number of aliphatic hydroxyl groups is 1. The van der Waals surface area contributed by atoms with Gasteiger partial charge in [-0.05, 0) is 46.7 Å². The highest BCUT2D eigenvalue weighted by atomic mass is 16.3. The maximum Gasteiger partial charge on any atom is 0.0662 e. The van der Waals surface area contributed by atoms with Gasteiger partial charge in [0.25, 0.3) is 0 Å². The van der Waals surface area contributed by atoms with Crippen LogP contribution in [0.2, 0.25) is 0 Å². The van der Waals surface area contributed by atoms with E-state index in [9.17, 15) is 5.11 Å². The number of likely N-dealkylation sites (tertiary alicyclic amines) is 1. The number of hydrogen-bond donors (Lipinski definition) is 2. The van der Waals surface area contributed by atoms with Crippen molar-refractivity contribution in [1.29, 1.82) is 0 Å². The Kier molecular flexibility index (Phi) is 5.58. The van der Waals surface area contributed by atoms with E-state index >= 15 is 0 Å². The van der Waals surface area contributed by atoms with Crippen LogP contribution in [0.4, 0.5) is 0 Å². The summed E-state index contributed by atoms with van der Waals surface area (Å²) < 4.78 is 0. The highest BCUT2D eigenvalue weighted by Crippen LogP contribution is 2.11. The van der Waals surface area contributed by atoms with Gasteiger partial charge in [-0.25, -0.2) is 0 Å². The number of piperidine rings is 1. The van der Waals surface area contributed by atoms with Crippen LogP contribution < -0.4 is 5.32 Å². The highest BCUT2D eigenvalue weighted by Gasteiger charge is 2.17. The number of nitrogens with one attached hydrogen (secondary N) is 1. The number of aliphatic hydroxyl groups excluding tert-OH is 1. The second kappa shape index (κ2) is 6.46. The summed E-state index contributed by atoms with van der Waals surface area (Å²) in [6.07, 6.45) is 3.81. The van der Waals surface area contributed by atoms with E-state index in [0.717, 1.165) is 6.54 Å². The molecule has 1 aliphatic heterocycles. The normalized spacial score (nSPS) is 24.8. The van der Waals surface area contributed by atoms with Gasteiger partial charge in [-0.1, -0.05) is 6.42 Å². The lowest BCUT2D eigenvalue weighted by molar-refractivity contribution is 0.133. The molecule has 3 heteroatoms. The van der Waals surface area contributed by atoms with Crippen molar-refractivity contribution >= 4 is 0 Å². The smallest absolute Gasteiger partial charge is 0.0662 e. The summed E-state index contributed by atoms with van der Waals surface area (Å²) in [5, 5.41) is 12.8. The maximum absolute atomic E-state index is 9.37. The van der Waals surface area contributed by atoms with Gasteiger partial charge in [0.15, 0.2) is 0 Å². The maximum atomic E-state index is 9.37. The first-order valence-electron chi connectivity index (χ1n) is 6.26. The first-order valence-corrected chi connectivity index (χ1v) is 6.26. The molecule has 1 rings (SSSR count). The van der Waals surface area contributed by atoms with E-state index in [4.69, 9.17) is 0 Å². The molecule has 0 radical (unpaired) electrons. The van der Waals surface area contributed by atoms with Crippen LogP contribution in [0, 0.1) is 0 Å².